The van der Waals surface area contributed by atoms with Gasteiger partial charge in [-0.05, 0) is 47.0 Å². The molecule has 0 saturated heterocycles. The Labute approximate surface area is 91.7 Å². The molecule has 0 spiro atoms. The maximum Gasteiger partial charge on any atom is 0.223 e. The minimum Gasteiger partial charge on any atom is -0.352 e. The van der Waals surface area contributed by atoms with Crippen molar-refractivity contribution in [1.29, 1.82) is 0 Å². The molecule has 1 aromatic heterocycles. The van der Waals surface area contributed by atoms with Crippen molar-refractivity contribution < 1.29 is 0 Å². The van der Waals surface area contributed by atoms with E-state index in [4.69, 9.17) is 0 Å². The summed E-state index contributed by atoms with van der Waals surface area (Å²) in [6.45, 7) is 5.19. The van der Waals surface area contributed by atoms with Gasteiger partial charge in [-0.3, -0.25) is 0 Å². The van der Waals surface area contributed by atoms with Crippen LogP contribution in [0.15, 0.2) is 12.3 Å². The highest BCUT2D eigenvalue weighted by Gasteiger charge is 2.04. The highest BCUT2D eigenvalue weighted by atomic mass is 15.1. The standard InChI is InChI=1S/C11H20N4/c1-9-5-7-12-11(13-9)14-10(2)6-8-15(3)4/h5,7,10H,6,8H2,1-4H3,(H,12,13,14). The molecule has 0 aromatic carbocycles. The van der Waals surface area contributed by atoms with E-state index in [1.54, 1.807) is 6.20 Å². The molecule has 1 aromatic rings. The fraction of sp³-hybridized carbons (Fsp3) is 0.636. The van der Waals surface area contributed by atoms with Crippen LogP contribution < -0.4 is 5.32 Å². The van der Waals surface area contributed by atoms with Crippen LogP contribution in [0.25, 0.3) is 0 Å². The van der Waals surface area contributed by atoms with E-state index in [2.05, 4.69) is 41.2 Å². The summed E-state index contributed by atoms with van der Waals surface area (Å²) in [5.41, 5.74) is 0.993. The number of aryl methyl sites for hydroxylation is 1. The van der Waals surface area contributed by atoms with E-state index >= 15 is 0 Å². The van der Waals surface area contributed by atoms with Crippen LogP contribution in [0.3, 0.4) is 0 Å². The van der Waals surface area contributed by atoms with Gasteiger partial charge < -0.3 is 10.2 Å². The van der Waals surface area contributed by atoms with Crippen molar-refractivity contribution in [3.8, 4) is 0 Å². The largest absolute Gasteiger partial charge is 0.352 e. The third kappa shape index (κ3) is 4.74. The average molecular weight is 208 g/mol. The van der Waals surface area contributed by atoms with Crippen molar-refractivity contribution in [2.45, 2.75) is 26.3 Å². The monoisotopic (exact) mass is 208 g/mol. The molecule has 0 radical (unpaired) electrons. The third-order valence-electron chi connectivity index (χ3n) is 2.18. The predicted molar refractivity (Wildman–Crippen MR) is 63.0 cm³/mol. The lowest BCUT2D eigenvalue weighted by molar-refractivity contribution is 0.390. The predicted octanol–water partition coefficient (Wildman–Crippen LogP) is 1.54. The van der Waals surface area contributed by atoms with Gasteiger partial charge in [-0.25, -0.2) is 9.97 Å². The number of hydrogen-bond donors (Lipinski definition) is 1. The molecule has 0 amide bonds. The first-order valence-electron chi connectivity index (χ1n) is 5.29. The zero-order valence-corrected chi connectivity index (χ0v) is 9.99. The molecule has 1 atom stereocenters. The highest BCUT2D eigenvalue weighted by molar-refractivity contribution is 5.25. The Morgan fingerprint density at radius 3 is 2.80 bits per heavy atom. The van der Waals surface area contributed by atoms with Gasteiger partial charge >= 0.3 is 0 Å². The van der Waals surface area contributed by atoms with E-state index in [1.165, 1.54) is 0 Å². The Kier molecular flexibility index (Phi) is 4.49. The van der Waals surface area contributed by atoms with Crippen molar-refractivity contribution in [3.05, 3.63) is 18.0 Å². The van der Waals surface area contributed by atoms with E-state index < -0.39 is 0 Å². The quantitative estimate of drug-likeness (QED) is 0.797. The van der Waals surface area contributed by atoms with Crippen LogP contribution in [-0.2, 0) is 0 Å². The van der Waals surface area contributed by atoms with Gasteiger partial charge in [0.05, 0.1) is 0 Å². The van der Waals surface area contributed by atoms with Crippen LogP contribution in [0, 0.1) is 6.92 Å². The Morgan fingerprint density at radius 1 is 1.47 bits per heavy atom. The molecule has 15 heavy (non-hydrogen) atoms. The van der Waals surface area contributed by atoms with Gasteiger partial charge in [0.2, 0.25) is 5.95 Å². The van der Waals surface area contributed by atoms with Gasteiger partial charge in [0, 0.05) is 17.9 Å². The molecule has 1 rings (SSSR count). The highest BCUT2D eigenvalue weighted by Crippen LogP contribution is 2.03. The molecule has 0 aliphatic carbocycles. The first-order valence-corrected chi connectivity index (χ1v) is 5.29. The number of nitrogens with one attached hydrogen (secondary N) is 1. The van der Waals surface area contributed by atoms with Gasteiger partial charge in [-0.1, -0.05) is 0 Å². The fourth-order valence-electron chi connectivity index (χ4n) is 1.26. The zero-order valence-electron chi connectivity index (χ0n) is 9.99. The van der Waals surface area contributed by atoms with Crippen LogP contribution >= 0.6 is 0 Å². The summed E-state index contributed by atoms with van der Waals surface area (Å²) in [7, 11) is 4.16. The van der Waals surface area contributed by atoms with Gasteiger partial charge in [0.15, 0.2) is 0 Å². The topological polar surface area (TPSA) is 41.1 Å². The van der Waals surface area contributed by atoms with E-state index in [0.717, 1.165) is 24.6 Å². The van der Waals surface area contributed by atoms with Crippen molar-refractivity contribution in [2.24, 2.45) is 0 Å². The average Bonchev–Trinajstić information content (AvgIpc) is 2.15. The molecule has 4 nitrogen and oxygen atoms in total. The van der Waals surface area contributed by atoms with Gasteiger partial charge in [0.1, 0.15) is 0 Å². The lowest BCUT2D eigenvalue weighted by Gasteiger charge is -2.16. The molecule has 1 N–H and O–H groups in total. The number of anilines is 1. The maximum atomic E-state index is 4.30. The first kappa shape index (κ1) is 11.9. The lowest BCUT2D eigenvalue weighted by Crippen LogP contribution is -2.23. The molecule has 0 saturated carbocycles. The number of aromatic nitrogens is 2. The molecule has 1 unspecified atom stereocenters. The maximum absolute atomic E-state index is 4.30. The molecule has 1 heterocycles. The number of nitrogens with zero attached hydrogens (tertiary/aromatic N) is 3. The Hall–Kier alpha value is -1.16. The molecule has 84 valence electrons. The van der Waals surface area contributed by atoms with E-state index in [9.17, 15) is 0 Å². The van der Waals surface area contributed by atoms with Gasteiger partial charge in [-0.2, -0.15) is 0 Å². The molecule has 0 bridgehead atoms. The van der Waals surface area contributed by atoms with Crippen LogP contribution in [0.2, 0.25) is 0 Å². The Bertz CT molecular complexity index is 298. The second-order valence-electron chi connectivity index (χ2n) is 4.16. The summed E-state index contributed by atoms with van der Waals surface area (Å²) in [5, 5.41) is 3.29. The second kappa shape index (κ2) is 5.66. The van der Waals surface area contributed by atoms with E-state index in [-0.39, 0.29) is 0 Å². The summed E-state index contributed by atoms with van der Waals surface area (Å²) >= 11 is 0. The van der Waals surface area contributed by atoms with Gasteiger partial charge in [0.25, 0.3) is 0 Å². The fourth-order valence-corrected chi connectivity index (χ4v) is 1.26. The number of hydrogen-bond acceptors (Lipinski definition) is 4. The second-order valence-corrected chi connectivity index (χ2v) is 4.16. The van der Waals surface area contributed by atoms with Crippen LogP contribution in [0.1, 0.15) is 19.0 Å². The van der Waals surface area contributed by atoms with Crippen molar-refractivity contribution in [1.82, 2.24) is 14.9 Å². The third-order valence-corrected chi connectivity index (χ3v) is 2.18. The van der Waals surface area contributed by atoms with Gasteiger partial charge in [-0.15, -0.1) is 0 Å². The number of rotatable bonds is 5. The lowest BCUT2D eigenvalue weighted by atomic mass is 10.2. The van der Waals surface area contributed by atoms with Crippen LogP contribution in [-0.4, -0.2) is 41.5 Å². The van der Waals surface area contributed by atoms with Crippen molar-refractivity contribution >= 4 is 5.95 Å². The van der Waals surface area contributed by atoms with Crippen molar-refractivity contribution in [2.75, 3.05) is 26.0 Å². The summed E-state index contributed by atoms with van der Waals surface area (Å²) in [4.78, 5) is 10.7. The molecule has 4 heteroatoms. The van der Waals surface area contributed by atoms with E-state index in [0.29, 0.717) is 6.04 Å². The molecule has 0 aliphatic heterocycles. The smallest absolute Gasteiger partial charge is 0.223 e. The van der Waals surface area contributed by atoms with Crippen molar-refractivity contribution in [3.63, 3.8) is 0 Å². The van der Waals surface area contributed by atoms with E-state index in [1.807, 2.05) is 13.0 Å². The Morgan fingerprint density at radius 2 is 2.20 bits per heavy atom. The summed E-state index contributed by atoms with van der Waals surface area (Å²) in [6.07, 6.45) is 2.87. The first-order chi connectivity index (χ1) is 7.08. The summed E-state index contributed by atoms with van der Waals surface area (Å²) < 4.78 is 0. The normalized spacial score (nSPS) is 12.9. The minimum atomic E-state index is 0.397. The molecule has 0 aliphatic rings. The molecule has 0 fully saturated rings. The van der Waals surface area contributed by atoms with Crippen LogP contribution in [0.4, 0.5) is 5.95 Å². The SMILES string of the molecule is Cc1ccnc(NC(C)CCN(C)C)n1. The summed E-state index contributed by atoms with van der Waals surface area (Å²) in [5.74, 6) is 0.723. The molecular weight excluding hydrogens is 188 g/mol. The minimum absolute atomic E-state index is 0.397. The van der Waals surface area contributed by atoms with Crippen LogP contribution in [0.5, 0.6) is 0 Å². The zero-order chi connectivity index (χ0) is 11.3. The summed E-state index contributed by atoms with van der Waals surface area (Å²) in [6, 6.07) is 2.30. The molecular formula is C11H20N4. The Balaban J connectivity index is 2.40.